The average Bonchev–Trinajstić information content (AvgIpc) is 2.97. The summed E-state index contributed by atoms with van der Waals surface area (Å²) in [4.78, 5) is 12.0. The van der Waals surface area contributed by atoms with Gasteiger partial charge < -0.3 is 9.84 Å². The summed E-state index contributed by atoms with van der Waals surface area (Å²) < 4.78 is 7.25. The highest BCUT2D eigenvalue weighted by Gasteiger charge is 2.27. The molecule has 0 fully saturated rings. The zero-order chi connectivity index (χ0) is 11.8. The molecule has 0 spiro atoms. The van der Waals surface area contributed by atoms with Crippen LogP contribution in [0.2, 0.25) is 0 Å². The van der Waals surface area contributed by atoms with E-state index in [0.717, 1.165) is 4.88 Å². The molecule has 6 nitrogen and oxygen atoms in total. The highest BCUT2D eigenvalue weighted by Crippen LogP contribution is 2.29. The Morgan fingerprint density at radius 1 is 1.65 bits per heavy atom. The first-order valence-corrected chi connectivity index (χ1v) is 5.94. The Kier molecular flexibility index (Phi) is 2.41. The van der Waals surface area contributed by atoms with Gasteiger partial charge in [-0.3, -0.25) is 0 Å². The predicted octanol–water partition coefficient (Wildman–Crippen LogP) is 1.31. The number of aromatic nitrogens is 3. The van der Waals surface area contributed by atoms with Crippen LogP contribution in [-0.4, -0.2) is 26.1 Å². The molecule has 88 valence electrons. The Bertz CT molecular complexity index is 549. The number of ether oxygens (including phenoxy) is 1. The molecular formula is C10H9N3O3S. The summed E-state index contributed by atoms with van der Waals surface area (Å²) in [6, 6.07) is 3.96. The average molecular weight is 251 g/mol. The summed E-state index contributed by atoms with van der Waals surface area (Å²) in [6.07, 6.45) is -0.0640. The maximum Gasteiger partial charge on any atom is 0.358 e. The van der Waals surface area contributed by atoms with Gasteiger partial charge in [-0.2, -0.15) is 0 Å². The summed E-state index contributed by atoms with van der Waals surface area (Å²) in [7, 11) is 0. The second-order valence-corrected chi connectivity index (χ2v) is 4.67. The molecule has 1 aliphatic heterocycles. The van der Waals surface area contributed by atoms with Crippen molar-refractivity contribution in [3.63, 3.8) is 0 Å². The van der Waals surface area contributed by atoms with Gasteiger partial charge in [0.05, 0.1) is 18.8 Å². The summed E-state index contributed by atoms with van der Waals surface area (Å²) in [6.45, 7) is 0.743. The fourth-order valence-corrected chi connectivity index (χ4v) is 2.59. The van der Waals surface area contributed by atoms with Crippen LogP contribution in [-0.2, 0) is 17.9 Å². The molecule has 0 saturated carbocycles. The van der Waals surface area contributed by atoms with Crippen LogP contribution in [0.25, 0.3) is 0 Å². The van der Waals surface area contributed by atoms with Crippen LogP contribution in [0.15, 0.2) is 17.5 Å². The first-order chi connectivity index (χ1) is 8.25. The fourth-order valence-electron chi connectivity index (χ4n) is 1.82. The molecule has 1 atom stereocenters. The minimum Gasteiger partial charge on any atom is -0.476 e. The van der Waals surface area contributed by atoms with Crippen LogP contribution in [0.1, 0.15) is 27.2 Å². The third-order valence-corrected chi connectivity index (χ3v) is 3.63. The summed E-state index contributed by atoms with van der Waals surface area (Å²) >= 11 is 1.61. The molecular weight excluding hydrogens is 242 g/mol. The van der Waals surface area contributed by atoms with Crippen LogP contribution < -0.4 is 0 Å². The maximum atomic E-state index is 10.9. The highest BCUT2D eigenvalue weighted by atomic mass is 32.1. The molecule has 2 aromatic rings. The Morgan fingerprint density at radius 2 is 2.53 bits per heavy atom. The number of carboxylic acids is 1. The zero-order valence-corrected chi connectivity index (χ0v) is 9.55. The smallest absolute Gasteiger partial charge is 0.358 e. The maximum absolute atomic E-state index is 10.9. The third-order valence-electron chi connectivity index (χ3n) is 2.66. The SMILES string of the molecule is O=C(O)c1nnn2c1COC(c1cccs1)C2. The highest BCUT2D eigenvalue weighted by molar-refractivity contribution is 7.10. The van der Waals surface area contributed by atoms with Crippen molar-refractivity contribution in [2.45, 2.75) is 19.3 Å². The lowest BCUT2D eigenvalue weighted by Gasteiger charge is -2.22. The van der Waals surface area contributed by atoms with Crippen molar-refractivity contribution in [3.8, 4) is 0 Å². The quantitative estimate of drug-likeness (QED) is 0.870. The summed E-state index contributed by atoms with van der Waals surface area (Å²) in [5, 5.41) is 18.4. The standard InChI is InChI=1S/C10H9N3O3S/c14-10(15)9-6-5-16-7(4-13(6)12-11-9)8-2-1-3-17-8/h1-3,7H,4-5H2,(H,14,15). The number of nitrogens with zero attached hydrogens (tertiary/aromatic N) is 3. The zero-order valence-electron chi connectivity index (χ0n) is 8.74. The molecule has 0 aliphatic carbocycles. The number of aromatic carboxylic acids is 1. The van der Waals surface area contributed by atoms with Gasteiger partial charge in [-0.15, -0.1) is 16.4 Å². The Morgan fingerprint density at radius 3 is 3.24 bits per heavy atom. The topological polar surface area (TPSA) is 77.2 Å². The van der Waals surface area contributed by atoms with Crippen LogP contribution in [0.5, 0.6) is 0 Å². The molecule has 1 unspecified atom stereocenters. The van der Waals surface area contributed by atoms with Crippen LogP contribution in [0.4, 0.5) is 0 Å². The largest absolute Gasteiger partial charge is 0.476 e. The number of fused-ring (bicyclic) bond motifs is 1. The van der Waals surface area contributed by atoms with Crippen molar-refractivity contribution in [1.82, 2.24) is 15.0 Å². The lowest BCUT2D eigenvalue weighted by molar-refractivity contribution is 0.0000912. The Balaban J connectivity index is 1.89. The fraction of sp³-hybridized carbons (Fsp3) is 0.300. The molecule has 3 heterocycles. The second kappa shape index (κ2) is 3.94. The van der Waals surface area contributed by atoms with Crippen LogP contribution in [0, 0.1) is 0 Å². The summed E-state index contributed by atoms with van der Waals surface area (Å²) in [5.74, 6) is -1.07. The number of rotatable bonds is 2. The molecule has 2 aromatic heterocycles. The van der Waals surface area contributed by atoms with Crippen molar-refractivity contribution in [1.29, 1.82) is 0 Å². The lowest BCUT2D eigenvalue weighted by Crippen LogP contribution is -2.22. The summed E-state index contributed by atoms with van der Waals surface area (Å²) in [5.41, 5.74) is 0.514. The third kappa shape index (κ3) is 1.73. The van der Waals surface area contributed by atoms with Gasteiger partial charge in [0, 0.05) is 4.88 Å². The van der Waals surface area contributed by atoms with Crippen molar-refractivity contribution in [2.24, 2.45) is 0 Å². The van der Waals surface area contributed by atoms with E-state index in [1.807, 2.05) is 17.5 Å². The lowest BCUT2D eigenvalue weighted by atomic mass is 10.2. The monoisotopic (exact) mass is 251 g/mol. The first-order valence-electron chi connectivity index (χ1n) is 5.06. The van der Waals surface area contributed by atoms with Gasteiger partial charge in [-0.05, 0) is 11.4 Å². The molecule has 0 aromatic carbocycles. The van der Waals surface area contributed by atoms with Gasteiger partial charge in [-0.25, -0.2) is 9.48 Å². The molecule has 0 saturated heterocycles. The van der Waals surface area contributed by atoms with Crippen LogP contribution in [0.3, 0.4) is 0 Å². The van der Waals surface area contributed by atoms with E-state index in [0.29, 0.717) is 12.2 Å². The molecule has 3 rings (SSSR count). The van der Waals surface area contributed by atoms with E-state index in [9.17, 15) is 4.79 Å². The normalized spacial score (nSPS) is 18.9. The number of carboxylic acid groups (broad SMARTS) is 1. The van der Waals surface area contributed by atoms with Crippen LogP contribution >= 0.6 is 11.3 Å². The predicted molar refractivity (Wildman–Crippen MR) is 58.8 cm³/mol. The molecule has 17 heavy (non-hydrogen) atoms. The second-order valence-electron chi connectivity index (χ2n) is 3.69. The minimum atomic E-state index is -1.07. The minimum absolute atomic E-state index is 0.0189. The molecule has 1 aliphatic rings. The Hall–Kier alpha value is -1.73. The van der Waals surface area contributed by atoms with E-state index in [1.54, 1.807) is 16.0 Å². The molecule has 0 amide bonds. The molecule has 0 bridgehead atoms. The number of hydrogen-bond acceptors (Lipinski definition) is 5. The number of thiophene rings is 1. The van der Waals surface area contributed by atoms with E-state index in [2.05, 4.69) is 10.3 Å². The van der Waals surface area contributed by atoms with Crippen molar-refractivity contribution in [3.05, 3.63) is 33.8 Å². The van der Waals surface area contributed by atoms with E-state index in [-0.39, 0.29) is 18.4 Å². The number of hydrogen-bond donors (Lipinski definition) is 1. The van der Waals surface area contributed by atoms with Crippen molar-refractivity contribution >= 4 is 17.3 Å². The van der Waals surface area contributed by atoms with Gasteiger partial charge in [0.2, 0.25) is 0 Å². The van der Waals surface area contributed by atoms with Gasteiger partial charge in [-0.1, -0.05) is 11.3 Å². The van der Waals surface area contributed by atoms with Gasteiger partial charge in [0.15, 0.2) is 5.69 Å². The van der Waals surface area contributed by atoms with Crippen molar-refractivity contribution < 1.29 is 14.6 Å². The molecule has 0 radical (unpaired) electrons. The van der Waals surface area contributed by atoms with E-state index >= 15 is 0 Å². The first kappa shape index (κ1) is 10.4. The van der Waals surface area contributed by atoms with E-state index in [4.69, 9.17) is 9.84 Å². The van der Waals surface area contributed by atoms with Gasteiger partial charge >= 0.3 is 5.97 Å². The molecule has 1 N–H and O–H groups in total. The van der Waals surface area contributed by atoms with Gasteiger partial charge in [0.1, 0.15) is 6.10 Å². The number of carbonyl (C=O) groups is 1. The van der Waals surface area contributed by atoms with E-state index < -0.39 is 5.97 Å². The van der Waals surface area contributed by atoms with Crippen molar-refractivity contribution in [2.75, 3.05) is 0 Å². The van der Waals surface area contributed by atoms with Gasteiger partial charge in [0.25, 0.3) is 0 Å². The molecule has 7 heteroatoms. The van der Waals surface area contributed by atoms with E-state index in [1.165, 1.54) is 0 Å². The Labute approximate surface area is 100 Å².